The number of rotatable bonds is 5. The maximum atomic E-state index is 14.6. The first-order chi connectivity index (χ1) is 23.0. The summed E-state index contributed by atoms with van der Waals surface area (Å²) in [6.45, 7) is 5.18. The van der Waals surface area contributed by atoms with Gasteiger partial charge >= 0.3 is 12.4 Å². The van der Waals surface area contributed by atoms with Crippen LogP contribution in [0.4, 0.5) is 32.0 Å². The van der Waals surface area contributed by atoms with Crippen molar-refractivity contribution in [3.63, 3.8) is 0 Å². The summed E-state index contributed by atoms with van der Waals surface area (Å²) in [5.41, 5.74) is 0.912. The van der Waals surface area contributed by atoms with Crippen molar-refractivity contribution < 1.29 is 39.5 Å². The van der Waals surface area contributed by atoms with Crippen molar-refractivity contribution in [2.45, 2.75) is 38.0 Å². The van der Waals surface area contributed by atoms with E-state index >= 15 is 0 Å². The van der Waals surface area contributed by atoms with Gasteiger partial charge in [-0.25, -0.2) is 8.42 Å². The van der Waals surface area contributed by atoms with Gasteiger partial charge in [-0.15, -0.1) is 0 Å². The fourth-order valence-corrected chi connectivity index (χ4v) is 7.78. The fourth-order valence-electron chi connectivity index (χ4n) is 6.72. The van der Waals surface area contributed by atoms with Gasteiger partial charge in [-0.3, -0.25) is 4.72 Å². The third-order valence-corrected chi connectivity index (χ3v) is 10.2. The number of aromatic nitrogens is 2. The predicted octanol–water partition coefficient (Wildman–Crippen LogP) is 10.2. The van der Waals surface area contributed by atoms with E-state index in [-0.39, 0.29) is 49.1 Å². The van der Waals surface area contributed by atoms with Gasteiger partial charge in [0.05, 0.1) is 51.1 Å². The van der Waals surface area contributed by atoms with E-state index in [4.69, 9.17) is 4.74 Å². The Labute approximate surface area is 276 Å². The van der Waals surface area contributed by atoms with E-state index in [1.54, 1.807) is 38.1 Å². The molecule has 252 valence electrons. The fraction of sp³-hybridized carbons (Fsp3) is 0.167. The molecule has 0 aliphatic heterocycles. The zero-order valence-corrected chi connectivity index (χ0v) is 27.2. The summed E-state index contributed by atoms with van der Waals surface area (Å²) < 4.78 is 122. The molecular formula is C36H27F6N3O3S. The number of alkyl halides is 6. The Morgan fingerprint density at radius 2 is 1.47 bits per heavy atom. The highest BCUT2D eigenvalue weighted by molar-refractivity contribution is 7.92. The molecule has 13 heteroatoms. The van der Waals surface area contributed by atoms with Crippen LogP contribution in [-0.2, 0) is 22.4 Å². The highest BCUT2D eigenvalue weighted by Gasteiger charge is 2.36. The second-order valence-electron chi connectivity index (χ2n) is 12.0. The van der Waals surface area contributed by atoms with Crippen molar-refractivity contribution in [3.8, 4) is 11.4 Å². The number of anilines is 1. The average Bonchev–Trinajstić information content (AvgIpc) is 3.56. The number of H-pyrrole nitrogens is 1. The lowest BCUT2D eigenvalue weighted by Gasteiger charge is -2.22. The van der Waals surface area contributed by atoms with E-state index in [0.717, 1.165) is 23.8 Å². The van der Waals surface area contributed by atoms with Crippen LogP contribution in [0, 0.1) is 20.8 Å². The number of sulfonamides is 1. The van der Waals surface area contributed by atoms with E-state index in [2.05, 4.69) is 9.71 Å². The summed E-state index contributed by atoms with van der Waals surface area (Å²) in [5, 5.41) is 0.890. The lowest BCUT2D eigenvalue weighted by molar-refractivity contribution is -0.137. The molecule has 2 heterocycles. The molecule has 0 radical (unpaired) electrons. The SMILES string of the molecule is COc1c(C)cc(NS(=O)(=O)c2ccc(C)cc2)c(-n2c3cccc(C(F)(F)F)c3c3ccc4c5ccc(C(F)(F)F)cc5[nH]c4c32)c1C. The number of hydrogen-bond donors (Lipinski definition) is 2. The molecule has 6 nitrogen and oxygen atoms in total. The maximum Gasteiger partial charge on any atom is 0.417 e. The summed E-state index contributed by atoms with van der Waals surface area (Å²) in [5.74, 6) is 0.369. The number of aromatic amines is 1. The number of aryl methyl sites for hydroxylation is 2. The van der Waals surface area contributed by atoms with Gasteiger partial charge in [0.2, 0.25) is 0 Å². The van der Waals surface area contributed by atoms with E-state index in [9.17, 15) is 34.8 Å². The van der Waals surface area contributed by atoms with Crippen LogP contribution in [-0.4, -0.2) is 25.1 Å². The number of ether oxygens (including phenoxy) is 1. The normalized spacial score (nSPS) is 12.9. The molecule has 0 fully saturated rings. The molecule has 49 heavy (non-hydrogen) atoms. The van der Waals surface area contributed by atoms with Gasteiger partial charge in [-0.1, -0.05) is 42.0 Å². The Morgan fingerprint density at radius 3 is 2.12 bits per heavy atom. The standard InChI is InChI=1S/C36H27F6N3O3S/c1-18-8-11-22(12-9-18)49(46,47)44-28-16-19(2)34(48-4)20(3)32(28)45-29-7-5-6-26(36(40,41)42)30(29)25-15-14-24-23-13-10-21(35(37,38)39)17-27(23)43-31(24)33(25)45/h5-17,43-44H,1-4H3. The van der Waals surface area contributed by atoms with E-state index in [1.165, 1.54) is 48.1 Å². The third-order valence-electron chi connectivity index (χ3n) is 8.83. The highest BCUT2D eigenvalue weighted by atomic mass is 32.2. The molecule has 0 unspecified atom stereocenters. The van der Waals surface area contributed by atoms with Gasteiger partial charge in [0.25, 0.3) is 10.0 Å². The van der Waals surface area contributed by atoms with Crippen molar-refractivity contribution in [1.82, 2.24) is 9.55 Å². The number of fused-ring (bicyclic) bond motifs is 7. The summed E-state index contributed by atoms with van der Waals surface area (Å²) in [6.07, 6.45) is -9.40. The summed E-state index contributed by atoms with van der Waals surface area (Å²) >= 11 is 0. The van der Waals surface area contributed by atoms with E-state index in [1.807, 2.05) is 6.92 Å². The average molecular weight is 696 g/mol. The Bertz CT molecular complexity index is 2580. The second-order valence-corrected chi connectivity index (χ2v) is 13.6. The van der Waals surface area contributed by atoms with Crippen molar-refractivity contribution in [3.05, 3.63) is 107 Å². The number of nitrogens with zero attached hydrogens (tertiary/aromatic N) is 1. The van der Waals surface area contributed by atoms with Crippen LogP contribution in [0.3, 0.4) is 0 Å². The van der Waals surface area contributed by atoms with E-state index < -0.39 is 33.5 Å². The Hall–Kier alpha value is -5.17. The zero-order chi connectivity index (χ0) is 35.2. The molecule has 7 aromatic rings. The predicted molar refractivity (Wildman–Crippen MR) is 178 cm³/mol. The molecule has 5 aromatic carbocycles. The Morgan fingerprint density at radius 1 is 0.796 bits per heavy atom. The minimum absolute atomic E-state index is 0.0322. The number of nitrogens with one attached hydrogen (secondary N) is 2. The number of hydrogen-bond acceptors (Lipinski definition) is 3. The van der Waals surface area contributed by atoms with Crippen LogP contribution in [0.25, 0.3) is 49.3 Å². The van der Waals surface area contributed by atoms with Gasteiger partial charge < -0.3 is 14.3 Å². The summed E-state index contributed by atoms with van der Waals surface area (Å²) in [6, 6.07) is 17.7. The quantitative estimate of drug-likeness (QED) is 0.176. The Kier molecular flexibility index (Phi) is 7.22. The summed E-state index contributed by atoms with van der Waals surface area (Å²) in [4.78, 5) is 3.02. The summed E-state index contributed by atoms with van der Waals surface area (Å²) in [7, 11) is -2.79. The lowest BCUT2D eigenvalue weighted by Crippen LogP contribution is -2.16. The molecule has 0 saturated heterocycles. The van der Waals surface area contributed by atoms with E-state index in [0.29, 0.717) is 27.6 Å². The van der Waals surface area contributed by atoms with Gasteiger partial charge in [0.1, 0.15) is 5.75 Å². The van der Waals surface area contributed by atoms with Crippen LogP contribution in [0.5, 0.6) is 5.75 Å². The molecule has 0 aliphatic rings. The highest BCUT2D eigenvalue weighted by Crippen LogP contribution is 2.47. The molecule has 0 saturated carbocycles. The molecule has 2 aromatic heterocycles. The van der Waals surface area contributed by atoms with Crippen LogP contribution in [0.1, 0.15) is 27.8 Å². The topological polar surface area (TPSA) is 76.1 Å². The minimum atomic E-state index is -4.77. The molecule has 2 N–H and O–H groups in total. The second kappa shape index (κ2) is 10.9. The van der Waals surface area contributed by atoms with Crippen molar-refractivity contribution >= 4 is 59.3 Å². The lowest BCUT2D eigenvalue weighted by atomic mass is 10.0. The molecule has 0 spiro atoms. The monoisotopic (exact) mass is 695 g/mol. The third kappa shape index (κ3) is 5.14. The van der Waals surface area contributed by atoms with Gasteiger partial charge in [0.15, 0.2) is 0 Å². The van der Waals surface area contributed by atoms with Crippen molar-refractivity contribution in [1.29, 1.82) is 0 Å². The smallest absolute Gasteiger partial charge is 0.417 e. The van der Waals surface area contributed by atoms with Crippen LogP contribution >= 0.6 is 0 Å². The molecular weight excluding hydrogens is 668 g/mol. The van der Waals surface area contributed by atoms with Crippen LogP contribution < -0.4 is 9.46 Å². The van der Waals surface area contributed by atoms with Crippen LogP contribution in [0.15, 0.2) is 83.8 Å². The van der Waals surface area contributed by atoms with Crippen molar-refractivity contribution in [2.75, 3.05) is 11.8 Å². The largest absolute Gasteiger partial charge is 0.496 e. The zero-order valence-electron chi connectivity index (χ0n) is 26.4. The first kappa shape index (κ1) is 32.4. The first-order valence-corrected chi connectivity index (χ1v) is 16.4. The van der Waals surface area contributed by atoms with Crippen molar-refractivity contribution in [2.24, 2.45) is 0 Å². The Balaban J connectivity index is 1.65. The molecule has 0 aliphatic carbocycles. The molecule has 0 bridgehead atoms. The molecule has 0 atom stereocenters. The van der Waals surface area contributed by atoms with Gasteiger partial charge in [-0.2, -0.15) is 26.3 Å². The molecule has 7 rings (SSSR count). The number of benzene rings is 5. The first-order valence-electron chi connectivity index (χ1n) is 15.0. The van der Waals surface area contributed by atoms with Gasteiger partial charge in [0, 0.05) is 32.6 Å². The molecule has 0 amide bonds. The number of halogens is 6. The number of methoxy groups -OCH3 is 1. The van der Waals surface area contributed by atoms with Crippen LogP contribution in [0.2, 0.25) is 0 Å². The minimum Gasteiger partial charge on any atom is -0.496 e. The van der Waals surface area contributed by atoms with Gasteiger partial charge in [-0.05, 0) is 68.8 Å². The maximum absolute atomic E-state index is 14.6.